The maximum absolute atomic E-state index is 11.6. The van der Waals surface area contributed by atoms with Crippen LogP contribution in [0.2, 0.25) is 0 Å². The zero-order chi connectivity index (χ0) is 16.5. The van der Waals surface area contributed by atoms with Crippen LogP contribution in [-0.4, -0.2) is 39.1 Å². The largest absolute Gasteiger partial charge is 1.00 e. The fourth-order valence-corrected chi connectivity index (χ4v) is 2.73. The van der Waals surface area contributed by atoms with E-state index >= 15 is 0 Å². The fraction of sp³-hybridized carbons (Fsp3) is 0.143. The molecule has 2 aromatic carbocycles. The van der Waals surface area contributed by atoms with Gasteiger partial charge in [0.25, 0.3) is 0 Å². The van der Waals surface area contributed by atoms with Gasteiger partial charge in [-0.25, -0.2) is 18.0 Å². The summed E-state index contributed by atoms with van der Waals surface area (Å²) in [7, 11) is -2.54. The molecule has 116 valence electrons. The summed E-state index contributed by atoms with van der Waals surface area (Å²) in [6.45, 7) is 0. The Hall–Kier alpha value is -0.814. The molecule has 0 radical (unpaired) electrons. The normalized spacial score (nSPS) is 10.7. The van der Waals surface area contributed by atoms with E-state index in [0.717, 1.165) is 13.2 Å². The predicted molar refractivity (Wildman–Crippen MR) is 74.6 cm³/mol. The molecule has 0 saturated carbocycles. The molecule has 2 aromatic rings. The summed E-state index contributed by atoms with van der Waals surface area (Å²) in [6.07, 6.45) is 0. The molecule has 0 atom stereocenters. The second-order valence-electron chi connectivity index (χ2n) is 4.35. The van der Waals surface area contributed by atoms with Crippen molar-refractivity contribution in [1.82, 2.24) is 0 Å². The molecule has 0 fully saturated rings. The third kappa shape index (κ3) is 4.38. The number of ether oxygens (including phenoxy) is 2. The zero-order valence-electron chi connectivity index (χ0n) is 12.7. The van der Waals surface area contributed by atoms with Gasteiger partial charge in [-0.2, -0.15) is 0 Å². The topological polar surface area (TPSA) is 110 Å². The number of hydrogen-bond acceptors (Lipinski definition) is 7. The summed E-state index contributed by atoms with van der Waals surface area (Å²) >= 11 is 0. The van der Waals surface area contributed by atoms with Gasteiger partial charge in [0.05, 0.1) is 30.2 Å². The van der Waals surface area contributed by atoms with Crippen LogP contribution in [0.4, 0.5) is 0 Å². The van der Waals surface area contributed by atoms with Crippen molar-refractivity contribution in [1.29, 1.82) is 0 Å². The van der Waals surface area contributed by atoms with Crippen LogP contribution in [0.15, 0.2) is 35.2 Å². The Bertz CT molecular complexity index is 874. The SMILES string of the molecule is COC(=O)c1cc(S(=O)(=O)[O-])c2cc(C(=O)OC)ccc2c1.[K+]. The molecule has 9 heteroatoms. The number of carbonyl (C=O) groups excluding carboxylic acids is 2. The molecule has 0 aliphatic rings. The van der Waals surface area contributed by atoms with Gasteiger partial charge in [-0.1, -0.05) is 6.07 Å². The third-order valence-corrected chi connectivity index (χ3v) is 3.90. The Morgan fingerprint density at radius 2 is 1.52 bits per heavy atom. The summed E-state index contributed by atoms with van der Waals surface area (Å²) in [5.41, 5.74) is 0.0148. The number of esters is 2. The van der Waals surface area contributed by atoms with Crippen LogP contribution in [0, 0.1) is 0 Å². The van der Waals surface area contributed by atoms with Gasteiger partial charge in [0, 0.05) is 5.39 Å². The molecule has 0 aliphatic heterocycles. The van der Waals surface area contributed by atoms with Crippen LogP contribution in [-0.2, 0) is 19.6 Å². The third-order valence-electron chi connectivity index (χ3n) is 3.03. The van der Waals surface area contributed by atoms with E-state index < -0.39 is 27.0 Å². The Morgan fingerprint density at radius 1 is 0.957 bits per heavy atom. The summed E-state index contributed by atoms with van der Waals surface area (Å²) < 4.78 is 43.4. The maximum atomic E-state index is 11.6. The van der Waals surface area contributed by atoms with Crippen molar-refractivity contribution >= 4 is 32.8 Å². The molecule has 2 rings (SSSR count). The van der Waals surface area contributed by atoms with Crippen LogP contribution in [0.1, 0.15) is 20.7 Å². The Balaban J connectivity index is 0.00000264. The van der Waals surface area contributed by atoms with Gasteiger partial charge in [0.15, 0.2) is 0 Å². The van der Waals surface area contributed by atoms with Crippen molar-refractivity contribution in [3.8, 4) is 0 Å². The van der Waals surface area contributed by atoms with E-state index in [1.165, 1.54) is 31.4 Å². The number of carbonyl (C=O) groups is 2. The molecule has 0 spiro atoms. The molecular formula is C14H11KO7S. The minimum atomic E-state index is -4.85. The summed E-state index contributed by atoms with van der Waals surface area (Å²) in [5, 5.41) is 0.343. The number of benzene rings is 2. The monoisotopic (exact) mass is 362 g/mol. The molecule has 7 nitrogen and oxygen atoms in total. The van der Waals surface area contributed by atoms with Crippen LogP contribution < -0.4 is 51.4 Å². The average molecular weight is 362 g/mol. The second kappa shape index (κ2) is 7.84. The molecule has 0 amide bonds. The number of rotatable bonds is 3. The van der Waals surface area contributed by atoms with E-state index in [-0.39, 0.29) is 67.9 Å². The maximum Gasteiger partial charge on any atom is 1.00 e. The molecule has 0 aromatic heterocycles. The fourth-order valence-electron chi connectivity index (χ4n) is 2.01. The number of methoxy groups -OCH3 is 2. The summed E-state index contributed by atoms with van der Waals surface area (Å²) in [5.74, 6) is -1.45. The standard InChI is InChI=1S/C14H12O7S.K/c1-20-13(15)9-4-3-8-5-10(14(16)21-2)7-12(11(8)6-9)22(17,18)19;/h3-7H,1-2H3,(H,17,18,19);/q;+1/p-1. The van der Waals surface area contributed by atoms with Gasteiger partial charge in [-0.15, -0.1) is 0 Å². The first-order valence-electron chi connectivity index (χ1n) is 5.98. The van der Waals surface area contributed by atoms with Crippen molar-refractivity contribution in [3.05, 3.63) is 41.5 Å². The molecule has 0 N–H and O–H groups in total. The molecular weight excluding hydrogens is 351 g/mol. The number of fused-ring (bicyclic) bond motifs is 1. The van der Waals surface area contributed by atoms with E-state index in [1.807, 2.05) is 0 Å². The van der Waals surface area contributed by atoms with E-state index in [4.69, 9.17) is 0 Å². The van der Waals surface area contributed by atoms with Gasteiger partial charge >= 0.3 is 63.3 Å². The summed E-state index contributed by atoms with van der Waals surface area (Å²) in [6, 6.07) is 6.35. The number of hydrogen-bond donors (Lipinski definition) is 0. The van der Waals surface area contributed by atoms with Crippen LogP contribution in [0.3, 0.4) is 0 Å². The van der Waals surface area contributed by atoms with Crippen LogP contribution in [0.25, 0.3) is 10.8 Å². The molecule has 23 heavy (non-hydrogen) atoms. The van der Waals surface area contributed by atoms with Crippen molar-refractivity contribution in [3.63, 3.8) is 0 Å². The minimum absolute atomic E-state index is 0. The quantitative estimate of drug-likeness (QED) is 0.364. The molecule has 0 heterocycles. The van der Waals surface area contributed by atoms with Gasteiger partial charge in [0.2, 0.25) is 0 Å². The van der Waals surface area contributed by atoms with Gasteiger partial charge < -0.3 is 14.0 Å². The average Bonchev–Trinajstić information content (AvgIpc) is 2.50. The first kappa shape index (κ1) is 20.2. The minimum Gasteiger partial charge on any atom is -0.744 e. The summed E-state index contributed by atoms with van der Waals surface area (Å²) in [4.78, 5) is 22.5. The molecule has 0 unspecified atom stereocenters. The Kier molecular flexibility index (Phi) is 6.90. The second-order valence-corrected chi connectivity index (χ2v) is 5.70. The van der Waals surface area contributed by atoms with Gasteiger partial charge in [-0.05, 0) is 29.7 Å². The first-order chi connectivity index (χ1) is 10.3. The van der Waals surface area contributed by atoms with E-state index in [0.29, 0.717) is 5.39 Å². The molecule has 0 aliphatic carbocycles. The van der Waals surface area contributed by atoms with Crippen molar-refractivity contribution in [2.24, 2.45) is 0 Å². The van der Waals surface area contributed by atoms with Crippen molar-refractivity contribution < 1.29 is 83.4 Å². The Morgan fingerprint density at radius 3 is 2.04 bits per heavy atom. The van der Waals surface area contributed by atoms with Gasteiger partial charge in [0.1, 0.15) is 10.1 Å². The Labute approximate surface area is 175 Å². The molecule has 0 bridgehead atoms. The van der Waals surface area contributed by atoms with E-state index in [2.05, 4.69) is 9.47 Å². The predicted octanol–water partition coefficient (Wildman–Crippen LogP) is -1.68. The van der Waals surface area contributed by atoms with Crippen LogP contribution >= 0.6 is 0 Å². The smallest absolute Gasteiger partial charge is 0.744 e. The van der Waals surface area contributed by atoms with Crippen LogP contribution in [0.5, 0.6) is 0 Å². The van der Waals surface area contributed by atoms with Crippen molar-refractivity contribution in [2.75, 3.05) is 14.2 Å². The first-order valence-corrected chi connectivity index (χ1v) is 7.39. The molecule has 0 saturated heterocycles. The van der Waals surface area contributed by atoms with Gasteiger partial charge in [-0.3, -0.25) is 0 Å². The van der Waals surface area contributed by atoms with E-state index in [1.54, 1.807) is 0 Å². The van der Waals surface area contributed by atoms with Crippen molar-refractivity contribution in [2.45, 2.75) is 4.90 Å². The zero-order valence-corrected chi connectivity index (χ0v) is 16.6. The van der Waals surface area contributed by atoms with E-state index in [9.17, 15) is 22.6 Å².